The van der Waals surface area contributed by atoms with Gasteiger partial charge >= 0.3 is 0 Å². The molecule has 1 aliphatic rings. The van der Waals surface area contributed by atoms with Gasteiger partial charge in [-0.05, 0) is 50.6 Å². The van der Waals surface area contributed by atoms with Crippen LogP contribution < -0.4 is 10.2 Å². The highest BCUT2D eigenvalue weighted by molar-refractivity contribution is 14.2. The smallest absolute Gasteiger partial charge is 0.141 e. The minimum absolute atomic E-state index is 0.0571. The zero-order chi connectivity index (χ0) is 17.6. The molecule has 0 spiro atoms. The summed E-state index contributed by atoms with van der Waals surface area (Å²) in [6, 6.07) is 29.9. The highest BCUT2D eigenvalue weighted by Crippen LogP contribution is 2.20. The van der Waals surface area contributed by atoms with Crippen molar-refractivity contribution in [2.45, 2.75) is 0 Å². The van der Waals surface area contributed by atoms with Crippen molar-refractivity contribution in [3.8, 4) is 0 Å². The molecule has 0 bridgehead atoms. The van der Waals surface area contributed by atoms with E-state index in [9.17, 15) is 0 Å². The second-order valence-electron chi connectivity index (χ2n) is 5.98. The molecule has 0 saturated heterocycles. The van der Waals surface area contributed by atoms with Crippen molar-refractivity contribution in [3.05, 3.63) is 107 Å². The molecule has 0 amide bonds. The molecule has 1 heterocycles. The third kappa shape index (κ3) is 4.00. The van der Waals surface area contributed by atoms with Crippen LogP contribution in [0.5, 0.6) is 0 Å². The summed E-state index contributed by atoms with van der Waals surface area (Å²) >= 11 is 0.0571. The lowest BCUT2D eigenvalue weighted by molar-refractivity contribution is -0.681. The summed E-state index contributed by atoms with van der Waals surface area (Å²) < 4.78 is 4.56. The van der Waals surface area contributed by atoms with Gasteiger partial charge in [-0.15, -0.1) is 0 Å². The first-order valence-corrected chi connectivity index (χ1v) is 11.1. The third-order valence-electron chi connectivity index (χ3n) is 4.19. The van der Waals surface area contributed by atoms with Gasteiger partial charge < -0.3 is 5.32 Å². The van der Waals surface area contributed by atoms with E-state index >= 15 is 0 Å². The van der Waals surface area contributed by atoms with Gasteiger partial charge in [0.05, 0.1) is 0 Å². The Morgan fingerprint density at radius 3 is 1.77 bits per heavy atom. The number of halogens is 1. The molecule has 128 valence electrons. The maximum absolute atomic E-state index is 3.50. The Morgan fingerprint density at radius 2 is 1.23 bits per heavy atom. The molecule has 0 aromatic heterocycles. The van der Waals surface area contributed by atoms with Crippen LogP contribution >= 0.6 is 20.7 Å². The second-order valence-corrected chi connectivity index (χ2v) is 8.05. The predicted molar refractivity (Wildman–Crippen MR) is 120 cm³/mol. The van der Waals surface area contributed by atoms with Crippen LogP contribution in [0.25, 0.3) is 0 Å². The van der Waals surface area contributed by atoms with Crippen molar-refractivity contribution in [1.29, 1.82) is 0 Å². The molecule has 0 atom stereocenters. The van der Waals surface area contributed by atoms with Gasteiger partial charge in [0.25, 0.3) is 0 Å². The molecule has 26 heavy (non-hydrogen) atoms. The van der Waals surface area contributed by atoms with Crippen LogP contribution in [0.1, 0.15) is 0 Å². The molecule has 3 heteroatoms. The van der Waals surface area contributed by atoms with Gasteiger partial charge in [-0.1, -0.05) is 63.2 Å². The lowest BCUT2D eigenvalue weighted by Crippen LogP contribution is -2.96. The van der Waals surface area contributed by atoms with E-state index in [1.54, 1.807) is 0 Å². The Labute approximate surface area is 164 Å². The van der Waals surface area contributed by atoms with Crippen LogP contribution in [0.15, 0.2) is 107 Å². The van der Waals surface area contributed by atoms with Crippen LogP contribution in [-0.4, -0.2) is 4.01 Å². The normalized spacial score (nSPS) is 13.2. The summed E-state index contributed by atoms with van der Waals surface area (Å²) in [6.45, 7) is 0. The average Bonchev–Trinajstić information content (AvgIpc) is 2.72. The average molecular weight is 451 g/mol. The number of quaternary nitrogens is 1. The van der Waals surface area contributed by atoms with Crippen LogP contribution in [0.2, 0.25) is 0 Å². The zero-order valence-corrected chi connectivity index (χ0v) is 16.4. The van der Waals surface area contributed by atoms with E-state index < -0.39 is 0 Å². The number of allylic oxidation sites excluding steroid dienone is 2. The lowest BCUT2D eigenvalue weighted by atomic mass is 10.2. The van der Waals surface area contributed by atoms with Crippen molar-refractivity contribution in [2.24, 2.45) is 0 Å². The van der Waals surface area contributed by atoms with Crippen molar-refractivity contribution in [2.75, 3.05) is 5.32 Å². The highest BCUT2D eigenvalue weighted by atomic mass is 127. The number of rotatable bonds is 5. The minimum Gasteiger partial charge on any atom is -0.355 e. The molecule has 0 radical (unpaired) electrons. The van der Waals surface area contributed by atoms with Crippen molar-refractivity contribution in [3.63, 3.8) is 0 Å². The fraction of sp³-hybridized carbons (Fsp3) is 0. The molecule has 0 aliphatic carbocycles. The standard InChI is InChI=1S/C23H19IN2/c1-3-9-21(10-4-1)26(22-11-5-2-6-12-22)23-15-13-19(14-16-23)25-20-8-7-17-24-18-20/h1-18,25H/p+1. The van der Waals surface area contributed by atoms with Gasteiger partial charge in [0, 0.05) is 23.5 Å². The van der Waals surface area contributed by atoms with E-state index in [2.05, 4.69) is 110 Å². The van der Waals surface area contributed by atoms with Crippen LogP contribution in [-0.2, 0) is 0 Å². The zero-order valence-electron chi connectivity index (χ0n) is 14.3. The summed E-state index contributed by atoms with van der Waals surface area (Å²) in [5, 5.41) is 3.50. The van der Waals surface area contributed by atoms with E-state index in [1.165, 1.54) is 27.7 Å². The predicted octanol–water partition coefficient (Wildman–Crippen LogP) is 5.46. The maximum Gasteiger partial charge on any atom is 0.141 e. The Balaban J connectivity index is 1.65. The molecule has 2 nitrogen and oxygen atoms in total. The SMILES string of the molecule is C1=CC(Nc2ccc([NH+](c3ccccc3)c3ccccc3)cc2)=CI=C1. The van der Waals surface area contributed by atoms with Gasteiger partial charge in [0.15, 0.2) is 0 Å². The molecular weight excluding hydrogens is 431 g/mol. The van der Waals surface area contributed by atoms with E-state index in [4.69, 9.17) is 0 Å². The van der Waals surface area contributed by atoms with E-state index in [0.29, 0.717) is 0 Å². The van der Waals surface area contributed by atoms with Crippen LogP contribution in [0.3, 0.4) is 0 Å². The molecule has 0 fully saturated rings. The topological polar surface area (TPSA) is 16.5 Å². The number of anilines is 1. The van der Waals surface area contributed by atoms with Gasteiger partial charge in [0.2, 0.25) is 0 Å². The van der Waals surface area contributed by atoms with Gasteiger partial charge in [-0.25, -0.2) is 4.90 Å². The first-order valence-electron chi connectivity index (χ1n) is 8.57. The monoisotopic (exact) mass is 451 g/mol. The molecule has 4 rings (SSSR count). The van der Waals surface area contributed by atoms with E-state index in [-0.39, 0.29) is 20.7 Å². The third-order valence-corrected chi connectivity index (χ3v) is 6.05. The largest absolute Gasteiger partial charge is 0.355 e. The first kappa shape index (κ1) is 16.9. The second kappa shape index (κ2) is 8.25. The molecule has 0 unspecified atom stereocenters. The summed E-state index contributed by atoms with van der Waals surface area (Å²) in [5.41, 5.74) is 6.01. The quantitative estimate of drug-likeness (QED) is 0.493. The summed E-state index contributed by atoms with van der Waals surface area (Å²) in [6.07, 6.45) is 4.27. The van der Waals surface area contributed by atoms with Gasteiger partial charge in [-0.3, -0.25) is 0 Å². The molecule has 1 aliphatic heterocycles. The fourth-order valence-corrected chi connectivity index (χ4v) is 4.39. The van der Waals surface area contributed by atoms with E-state index in [0.717, 1.165) is 5.69 Å². The van der Waals surface area contributed by atoms with Crippen molar-refractivity contribution < 1.29 is 4.90 Å². The summed E-state index contributed by atoms with van der Waals surface area (Å²) in [5.74, 6) is 0. The molecular formula is C23H20IN2+. The minimum atomic E-state index is 0.0571. The van der Waals surface area contributed by atoms with Gasteiger partial charge in [0.1, 0.15) is 17.1 Å². The van der Waals surface area contributed by atoms with Crippen molar-refractivity contribution in [1.82, 2.24) is 0 Å². The fourth-order valence-electron chi connectivity index (χ4n) is 2.99. The Bertz CT molecular complexity index is 903. The Hall–Kier alpha value is -2.50. The highest BCUT2D eigenvalue weighted by Gasteiger charge is 2.18. The van der Waals surface area contributed by atoms with Crippen LogP contribution in [0, 0.1) is 0 Å². The number of hydrogen-bond donors (Lipinski definition) is 2. The molecule has 3 aromatic carbocycles. The van der Waals surface area contributed by atoms with E-state index in [1.807, 2.05) is 0 Å². The van der Waals surface area contributed by atoms with Crippen LogP contribution in [0.4, 0.5) is 22.7 Å². The number of benzene rings is 3. The maximum atomic E-state index is 3.50. The Kier molecular flexibility index (Phi) is 5.38. The Morgan fingerprint density at radius 1 is 0.654 bits per heavy atom. The molecule has 3 aromatic rings. The molecule has 0 saturated carbocycles. The van der Waals surface area contributed by atoms with Crippen molar-refractivity contribution >= 4 is 47.5 Å². The summed E-state index contributed by atoms with van der Waals surface area (Å²) in [7, 11) is 0. The van der Waals surface area contributed by atoms with Gasteiger partial charge in [-0.2, -0.15) is 0 Å². The number of hydrogen-bond acceptors (Lipinski definition) is 1. The first-order chi connectivity index (χ1) is 12.9. The molecule has 2 N–H and O–H groups in total. The summed E-state index contributed by atoms with van der Waals surface area (Å²) in [4.78, 5) is 1.26. The number of para-hydroxylation sites is 2. The lowest BCUT2D eigenvalue weighted by Gasteiger charge is -2.19. The number of nitrogens with one attached hydrogen (secondary N) is 2.